The van der Waals surface area contributed by atoms with E-state index in [4.69, 9.17) is 0 Å². The molecule has 6 heteroatoms. The summed E-state index contributed by atoms with van der Waals surface area (Å²) in [6, 6.07) is 6.82. The fraction of sp³-hybridized carbons (Fsp3) is 0. The van der Waals surface area contributed by atoms with Crippen molar-refractivity contribution in [2.45, 2.75) is 0 Å². The summed E-state index contributed by atoms with van der Waals surface area (Å²) in [6.07, 6.45) is 0. The maximum Gasteiger partial charge on any atom is 0.130 e. The van der Waals surface area contributed by atoms with Crippen LogP contribution in [-0.4, -0.2) is 10.2 Å². The molecule has 0 radical (unpaired) electrons. The van der Waals surface area contributed by atoms with Crippen molar-refractivity contribution in [3.8, 4) is 22.6 Å². The van der Waals surface area contributed by atoms with Gasteiger partial charge in [-0.25, -0.2) is 0 Å². The van der Waals surface area contributed by atoms with Gasteiger partial charge >= 0.3 is 0 Å². The first-order chi connectivity index (χ1) is 8.43. The molecule has 0 aromatic heterocycles. The van der Waals surface area contributed by atoms with Gasteiger partial charge in [0.2, 0.25) is 0 Å². The van der Waals surface area contributed by atoms with Crippen molar-refractivity contribution in [2.75, 3.05) is 0 Å². The standard InChI is InChI=1S/C12H6Br4O2/c13-9-5(1-3-7(17)11(9)15)6-2-4-8(18)12(16)10(6)14/h1-4,17-18H. The van der Waals surface area contributed by atoms with Crippen LogP contribution in [0.1, 0.15) is 0 Å². The van der Waals surface area contributed by atoms with Crippen molar-refractivity contribution in [2.24, 2.45) is 0 Å². The zero-order chi connectivity index (χ0) is 13.4. The highest BCUT2D eigenvalue weighted by molar-refractivity contribution is 9.13. The molecule has 0 saturated heterocycles. The van der Waals surface area contributed by atoms with Crippen LogP contribution < -0.4 is 0 Å². The van der Waals surface area contributed by atoms with Crippen molar-refractivity contribution < 1.29 is 10.2 Å². The van der Waals surface area contributed by atoms with Gasteiger partial charge in [-0.3, -0.25) is 0 Å². The molecule has 0 aliphatic carbocycles. The molecule has 0 amide bonds. The lowest BCUT2D eigenvalue weighted by atomic mass is 10.1. The zero-order valence-electron chi connectivity index (χ0n) is 8.72. The summed E-state index contributed by atoms with van der Waals surface area (Å²) >= 11 is 13.5. The van der Waals surface area contributed by atoms with Crippen LogP contribution in [0.15, 0.2) is 42.2 Å². The van der Waals surface area contributed by atoms with E-state index in [1.165, 1.54) is 0 Å². The molecule has 18 heavy (non-hydrogen) atoms. The molecule has 0 spiro atoms. The molecule has 0 bridgehead atoms. The second-order valence-corrected chi connectivity index (χ2v) is 6.69. The Hall–Kier alpha value is -0.0400. The van der Waals surface area contributed by atoms with Crippen LogP contribution in [0, 0.1) is 0 Å². The number of benzene rings is 2. The van der Waals surface area contributed by atoms with E-state index in [0.717, 1.165) is 20.1 Å². The third-order valence-electron chi connectivity index (χ3n) is 2.41. The molecule has 2 aromatic carbocycles. The number of phenols is 2. The topological polar surface area (TPSA) is 40.5 Å². The average Bonchev–Trinajstić information content (AvgIpc) is 2.35. The van der Waals surface area contributed by atoms with Gasteiger partial charge in [0.1, 0.15) is 11.5 Å². The first kappa shape index (κ1) is 14.4. The Kier molecular flexibility index (Phi) is 4.41. The second-order valence-electron chi connectivity index (χ2n) is 3.52. The normalized spacial score (nSPS) is 10.7. The van der Waals surface area contributed by atoms with Gasteiger partial charge in [-0.05, 0) is 99.1 Å². The highest BCUT2D eigenvalue weighted by Crippen LogP contribution is 2.45. The van der Waals surface area contributed by atoms with Gasteiger partial charge in [-0.15, -0.1) is 0 Å². The highest BCUT2D eigenvalue weighted by atomic mass is 79.9. The van der Waals surface area contributed by atoms with E-state index < -0.39 is 0 Å². The fourth-order valence-corrected chi connectivity index (χ4v) is 3.28. The van der Waals surface area contributed by atoms with Gasteiger partial charge < -0.3 is 10.2 Å². The van der Waals surface area contributed by atoms with Crippen LogP contribution in [-0.2, 0) is 0 Å². The molecule has 2 nitrogen and oxygen atoms in total. The summed E-state index contributed by atoms with van der Waals surface area (Å²) in [5.41, 5.74) is 1.79. The summed E-state index contributed by atoms with van der Waals surface area (Å²) in [4.78, 5) is 0. The van der Waals surface area contributed by atoms with Gasteiger partial charge in [0.05, 0.1) is 8.95 Å². The third-order valence-corrected chi connectivity index (χ3v) is 6.73. The van der Waals surface area contributed by atoms with E-state index in [2.05, 4.69) is 63.7 Å². The predicted octanol–water partition coefficient (Wildman–Crippen LogP) is 5.81. The Balaban J connectivity index is 2.71. The van der Waals surface area contributed by atoms with Gasteiger partial charge in [-0.2, -0.15) is 0 Å². The highest BCUT2D eigenvalue weighted by Gasteiger charge is 2.15. The summed E-state index contributed by atoms with van der Waals surface area (Å²) in [7, 11) is 0. The van der Waals surface area contributed by atoms with Crippen LogP contribution >= 0.6 is 63.7 Å². The number of halogens is 4. The number of aromatic hydroxyl groups is 2. The molecule has 2 aromatic rings. The Morgan fingerprint density at radius 3 is 1.22 bits per heavy atom. The Labute approximate surface area is 138 Å². The number of hydrogen-bond acceptors (Lipinski definition) is 2. The molecule has 2 rings (SSSR count). The van der Waals surface area contributed by atoms with Crippen molar-refractivity contribution in [1.29, 1.82) is 0 Å². The Morgan fingerprint density at radius 2 is 0.889 bits per heavy atom. The summed E-state index contributed by atoms with van der Waals surface area (Å²) in [5.74, 6) is 0.333. The van der Waals surface area contributed by atoms with E-state index >= 15 is 0 Å². The zero-order valence-corrected chi connectivity index (χ0v) is 15.1. The van der Waals surface area contributed by atoms with Gasteiger partial charge in [-0.1, -0.05) is 0 Å². The lowest BCUT2D eigenvalue weighted by molar-refractivity contribution is 0.470. The van der Waals surface area contributed by atoms with E-state index in [0.29, 0.717) is 8.95 Å². The SMILES string of the molecule is Oc1ccc(-c2ccc(O)c(Br)c2Br)c(Br)c1Br. The minimum absolute atomic E-state index is 0.166. The maximum atomic E-state index is 9.60. The van der Waals surface area contributed by atoms with Gasteiger partial charge in [0.15, 0.2) is 0 Å². The molecule has 0 saturated carbocycles. The Morgan fingerprint density at radius 1 is 0.556 bits per heavy atom. The van der Waals surface area contributed by atoms with Crippen LogP contribution in [0.4, 0.5) is 0 Å². The lowest BCUT2D eigenvalue weighted by Gasteiger charge is -2.11. The fourth-order valence-electron chi connectivity index (χ4n) is 1.49. The van der Waals surface area contributed by atoms with E-state index in [1.807, 2.05) is 0 Å². The summed E-state index contributed by atoms with van der Waals surface area (Å²) in [6.45, 7) is 0. The van der Waals surface area contributed by atoms with Crippen LogP contribution in [0.5, 0.6) is 11.5 Å². The van der Waals surface area contributed by atoms with E-state index in [1.54, 1.807) is 24.3 Å². The molecule has 0 heterocycles. The maximum absolute atomic E-state index is 9.60. The van der Waals surface area contributed by atoms with Crippen LogP contribution in [0.25, 0.3) is 11.1 Å². The minimum Gasteiger partial charge on any atom is -0.507 e. The van der Waals surface area contributed by atoms with Crippen LogP contribution in [0.3, 0.4) is 0 Å². The van der Waals surface area contributed by atoms with Crippen molar-refractivity contribution in [3.63, 3.8) is 0 Å². The molecule has 0 aliphatic rings. The van der Waals surface area contributed by atoms with Crippen molar-refractivity contribution in [3.05, 3.63) is 42.2 Å². The molecule has 0 unspecified atom stereocenters. The number of hydrogen-bond donors (Lipinski definition) is 2. The van der Waals surface area contributed by atoms with Crippen molar-refractivity contribution in [1.82, 2.24) is 0 Å². The van der Waals surface area contributed by atoms with E-state index in [-0.39, 0.29) is 11.5 Å². The Bertz CT molecular complexity index is 570. The first-order valence-electron chi connectivity index (χ1n) is 4.77. The predicted molar refractivity (Wildman–Crippen MR) is 86.0 cm³/mol. The lowest BCUT2D eigenvalue weighted by Crippen LogP contribution is -1.85. The van der Waals surface area contributed by atoms with E-state index in [9.17, 15) is 10.2 Å². The molecular formula is C12H6Br4O2. The number of rotatable bonds is 1. The summed E-state index contributed by atoms with van der Waals surface area (Å²) in [5, 5.41) is 19.2. The molecule has 2 N–H and O–H groups in total. The molecular weight excluding hydrogens is 496 g/mol. The molecule has 94 valence electrons. The molecule has 0 aliphatic heterocycles. The quantitative estimate of drug-likeness (QED) is 0.517. The second kappa shape index (κ2) is 5.53. The monoisotopic (exact) mass is 498 g/mol. The van der Waals surface area contributed by atoms with Gasteiger partial charge in [0.25, 0.3) is 0 Å². The third kappa shape index (κ3) is 2.48. The van der Waals surface area contributed by atoms with Crippen molar-refractivity contribution >= 4 is 63.7 Å². The van der Waals surface area contributed by atoms with Gasteiger partial charge in [0, 0.05) is 8.95 Å². The smallest absolute Gasteiger partial charge is 0.130 e. The van der Waals surface area contributed by atoms with Crippen LogP contribution in [0.2, 0.25) is 0 Å². The average molecular weight is 502 g/mol. The first-order valence-corrected chi connectivity index (χ1v) is 7.95. The molecule has 0 fully saturated rings. The number of phenolic OH excluding ortho intramolecular Hbond substituents is 2. The largest absolute Gasteiger partial charge is 0.507 e. The summed E-state index contributed by atoms with van der Waals surface area (Å²) < 4.78 is 2.69. The molecule has 0 atom stereocenters. The minimum atomic E-state index is 0.166.